The Hall–Kier alpha value is -1.59. The SMILES string of the molecule is CC(C)(C)OC(=O)N1CCC(n2cc(C3CCCCC3)nn2)CC1. The second-order valence-electron chi connectivity index (χ2n) is 8.16. The van der Waals surface area contributed by atoms with Crippen molar-refractivity contribution in [3.8, 4) is 0 Å². The van der Waals surface area contributed by atoms with Crippen molar-refractivity contribution in [2.45, 2.75) is 83.3 Å². The van der Waals surface area contributed by atoms with Crippen LogP contribution in [0, 0.1) is 0 Å². The highest BCUT2D eigenvalue weighted by Gasteiger charge is 2.28. The zero-order valence-corrected chi connectivity index (χ0v) is 15.2. The summed E-state index contributed by atoms with van der Waals surface area (Å²) in [6, 6.07) is 0.341. The van der Waals surface area contributed by atoms with Crippen LogP contribution in [-0.4, -0.2) is 44.7 Å². The van der Waals surface area contributed by atoms with Gasteiger partial charge in [-0.25, -0.2) is 9.48 Å². The van der Waals surface area contributed by atoms with Gasteiger partial charge in [0.1, 0.15) is 5.60 Å². The Morgan fingerprint density at radius 2 is 1.79 bits per heavy atom. The van der Waals surface area contributed by atoms with Gasteiger partial charge >= 0.3 is 6.09 Å². The minimum atomic E-state index is -0.436. The molecule has 1 aliphatic carbocycles. The number of rotatable bonds is 2. The van der Waals surface area contributed by atoms with Crippen molar-refractivity contribution in [3.63, 3.8) is 0 Å². The minimum Gasteiger partial charge on any atom is -0.444 e. The fourth-order valence-corrected chi connectivity index (χ4v) is 3.69. The quantitative estimate of drug-likeness (QED) is 0.823. The number of carbonyl (C=O) groups is 1. The van der Waals surface area contributed by atoms with Gasteiger partial charge in [-0.1, -0.05) is 24.5 Å². The summed E-state index contributed by atoms with van der Waals surface area (Å²) in [5.74, 6) is 0.592. The summed E-state index contributed by atoms with van der Waals surface area (Å²) in [6.07, 6.45) is 10.2. The number of nitrogens with zero attached hydrogens (tertiary/aromatic N) is 4. The van der Waals surface area contributed by atoms with Crippen LogP contribution in [0.2, 0.25) is 0 Å². The molecule has 3 rings (SSSR count). The largest absolute Gasteiger partial charge is 0.444 e. The lowest BCUT2D eigenvalue weighted by atomic mass is 9.87. The fraction of sp³-hybridized carbons (Fsp3) is 0.833. The lowest BCUT2D eigenvalue weighted by Crippen LogP contribution is -2.42. The predicted octanol–water partition coefficient (Wildman–Crippen LogP) is 3.90. The molecule has 0 spiro atoms. The number of likely N-dealkylation sites (tertiary alicyclic amines) is 1. The van der Waals surface area contributed by atoms with Gasteiger partial charge in [-0.05, 0) is 46.5 Å². The number of aromatic nitrogens is 3. The van der Waals surface area contributed by atoms with E-state index in [1.54, 1.807) is 4.90 Å². The molecular weight excluding hydrogens is 304 g/mol. The van der Waals surface area contributed by atoms with E-state index >= 15 is 0 Å². The Bertz CT molecular complexity index is 550. The smallest absolute Gasteiger partial charge is 0.410 e. The summed E-state index contributed by atoms with van der Waals surface area (Å²) >= 11 is 0. The van der Waals surface area contributed by atoms with Crippen LogP contribution in [0.15, 0.2) is 6.20 Å². The van der Waals surface area contributed by atoms with Gasteiger partial charge in [0.2, 0.25) is 0 Å². The molecule has 2 heterocycles. The van der Waals surface area contributed by atoms with Gasteiger partial charge < -0.3 is 9.64 Å². The van der Waals surface area contributed by atoms with Crippen molar-refractivity contribution < 1.29 is 9.53 Å². The molecule has 1 aromatic rings. The molecule has 0 N–H and O–H groups in total. The number of hydrogen-bond acceptors (Lipinski definition) is 4. The van der Waals surface area contributed by atoms with Crippen LogP contribution in [0.4, 0.5) is 4.79 Å². The van der Waals surface area contributed by atoms with Crippen molar-refractivity contribution >= 4 is 6.09 Å². The summed E-state index contributed by atoms with van der Waals surface area (Å²) in [5.41, 5.74) is 0.721. The number of carbonyl (C=O) groups excluding carboxylic acids is 1. The third-order valence-electron chi connectivity index (χ3n) is 5.04. The van der Waals surface area contributed by atoms with Crippen LogP contribution in [0.5, 0.6) is 0 Å². The molecule has 1 saturated carbocycles. The molecule has 1 saturated heterocycles. The van der Waals surface area contributed by atoms with Crippen molar-refractivity contribution in [1.29, 1.82) is 0 Å². The third kappa shape index (κ3) is 4.28. The second-order valence-corrected chi connectivity index (χ2v) is 8.16. The number of ether oxygens (including phenoxy) is 1. The minimum absolute atomic E-state index is 0.206. The van der Waals surface area contributed by atoms with Crippen LogP contribution in [0.1, 0.15) is 83.4 Å². The average Bonchev–Trinajstić information content (AvgIpc) is 3.04. The monoisotopic (exact) mass is 334 g/mol. The van der Waals surface area contributed by atoms with E-state index in [-0.39, 0.29) is 6.09 Å². The highest BCUT2D eigenvalue weighted by Crippen LogP contribution is 2.32. The van der Waals surface area contributed by atoms with Gasteiger partial charge in [0.25, 0.3) is 0 Å². The van der Waals surface area contributed by atoms with E-state index in [0.717, 1.165) is 31.6 Å². The Balaban J connectivity index is 1.53. The Labute approximate surface area is 144 Å². The Kier molecular flexibility index (Phi) is 5.11. The summed E-state index contributed by atoms with van der Waals surface area (Å²) in [5, 5.41) is 8.80. The highest BCUT2D eigenvalue weighted by molar-refractivity contribution is 5.68. The van der Waals surface area contributed by atoms with Gasteiger partial charge in [0, 0.05) is 25.2 Å². The average molecular weight is 334 g/mol. The van der Waals surface area contributed by atoms with E-state index in [2.05, 4.69) is 16.5 Å². The number of amides is 1. The molecule has 6 heteroatoms. The van der Waals surface area contributed by atoms with Gasteiger partial charge in [-0.2, -0.15) is 0 Å². The van der Waals surface area contributed by atoms with Crippen LogP contribution >= 0.6 is 0 Å². The molecule has 0 unspecified atom stereocenters. The van der Waals surface area contributed by atoms with E-state index < -0.39 is 5.60 Å². The molecule has 2 aliphatic rings. The first-order chi connectivity index (χ1) is 11.4. The first kappa shape index (κ1) is 17.2. The van der Waals surface area contributed by atoms with Crippen LogP contribution in [0.3, 0.4) is 0 Å². The molecular formula is C18H30N4O2. The van der Waals surface area contributed by atoms with E-state index in [0.29, 0.717) is 12.0 Å². The molecule has 134 valence electrons. The van der Waals surface area contributed by atoms with E-state index in [1.165, 1.54) is 32.1 Å². The molecule has 1 aliphatic heterocycles. The summed E-state index contributed by atoms with van der Waals surface area (Å²) < 4.78 is 7.48. The maximum absolute atomic E-state index is 12.1. The van der Waals surface area contributed by atoms with Crippen molar-refractivity contribution in [3.05, 3.63) is 11.9 Å². The fourth-order valence-electron chi connectivity index (χ4n) is 3.69. The van der Waals surface area contributed by atoms with Crippen molar-refractivity contribution in [1.82, 2.24) is 19.9 Å². The van der Waals surface area contributed by atoms with Crippen molar-refractivity contribution in [2.75, 3.05) is 13.1 Å². The topological polar surface area (TPSA) is 60.2 Å². The molecule has 6 nitrogen and oxygen atoms in total. The van der Waals surface area contributed by atoms with Crippen molar-refractivity contribution in [2.24, 2.45) is 0 Å². The van der Waals surface area contributed by atoms with E-state index in [9.17, 15) is 4.79 Å². The van der Waals surface area contributed by atoms with E-state index in [1.807, 2.05) is 25.5 Å². The van der Waals surface area contributed by atoms with Crippen LogP contribution < -0.4 is 0 Å². The Morgan fingerprint density at radius 1 is 1.12 bits per heavy atom. The van der Waals surface area contributed by atoms with Crippen LogP contribution in [0.25, 0.3) is 0 Å². The van der Waals surface area contributed by atoms with Crippen LogP contribution in [-0.2, 0) is 4.74 Å². The summed E-state index contributed by atoms with van der Waals surface area (Å²) in [4.78, 5) is 13.9. The maximum Gasteiger partial charge on any atom is 0.410 e. The predicted molar refractivity (Wildman–Crippen MR) is 91.9 cm³/mol. The first-order valence-electron chi connectivity index (χ1n) is 9.32. The van der Waals surface area contributed by atoms with Gasteiger partial charge in [0.05, 0.1) is 11.7 Å². The lowest BCUT2D eigenvalue weighted by Gasteiger charge is -2.33. The zero-order chi connectivity index (χ0) is 17.2. The number of hydrogen-bond donors (Lipinski definition) is 0. The maximum atomic E-state index is 12.1. The first-order valence-corrected chi connectivity index (χ1v) is 9.32. The molecule has 2 fully saturated rings. The Morgan fingerprint density at radius 3 is 2.42 bits per heavy atom. The van der Waals surface area contributed by atoms with E-state index in [4.69, 9.17) is 4.74 Å². The molecule has 0 aromatic carbocycles. The highest BCUT2D eigenvalue weighted by atomic mass is 16.6. The molecule has 0 atom stereocenters. The zero-order valence-electron chi connectivity index (χ0n) is 15.2. The molecule has 1 aromatic heterocycles. The molecule has 1 amide bonds. The van der Waals surface area contributed by atoms with Gasteiger partial charge in [-0.15, -0.1) is 5.10 Å². The third-order valence-corrected chi connectivity index (χ3v) is 5.04. The van der Waals surface area contributed by atoms with Gasteiger partial charge in [0.15, 0.2) is 0 Å². The number of piperidine rings is 1. The van der Waals surface area contributed by atoms with Gasteiger partial charge in [-0.3, -0.25) is 0 Å². The second kappa shape index (κ2) is 7.11. The standard InChI is InChI=1S/C18H30N4O2/c1-18(2,3)24-17(23)21-11-9-15(10-12-21)22-13-16(19-20-22)14-7-5-4-6-8-14/h13-15H,4-12H2,1-3H3. The molecule has 24 heavy (non-hydrogen) atoms. The molecule has 0 bridgehead atoms. The lowest BCUT2D eigenvalue weighted by molar-refractivity contribution is 0.0184. The summed E-state index contributed by atoms with van der Waals surface area (Å²) in [6.45, 7) is 7.15. The normalized spacial score (nSPS) is 21.0. The summed E-state index contributed by atoms with van der Waals surface area (Å²) in [7, 11) is 0. The molecule has 0 radical (unpaired) electrons.